The van der Waals surface area contributed by atoms with Gasteiger partial charge >= 0.3 is 0 Å². The van der Waals surface area contributed by atoms with Crippen molar-refractivity contribution >= 4 is 28.5 Å². The van der Waals surface area contributed by atoms with Crippen LogP contribution in [0.4, 0.5) is 11.4 Å². The molecule has 0 saturated heterocycles. The van der Waals surface area contributed by atoms with Crippen LogP contribution in [0.5, 0.6) is 5.75 Å². The monoisotopic (exact) mass is 388 g/mol. The molecule has 2 atom stereocenters. The van der Waals surface area contributed by atoms with Gasteiger partial charge in [-0.25, -0.2) is 0 Å². The van der Waals surface area contributed by atoms with Crippen molar-refractivity contribution in [1.82, 2.24) is 0 Å². The second-order valence-electron chi connectivity index (χ2n) is 7.28. The Bertz CT molecular complexity index is 1050. The summed E-state index contributed by atoms with van der Waals surface area (Å²) in [6.45, 7) is 0. The number of para-hydroxylation sites is 2. The highest BCUT2D eigenvalue weighted by molar-refractivity contribution is 7.10. The van der Waals surface area contributed by atoms with Crippen LogP contribution in [0.2, 0.25) is 0 Å². The Hall–Kier alpha value is -3.05. The molecular weight excluding hydrogens is 368 g/mol. The first kappa shape index (κ1) is 17.1. The molecule has 3 N–H and O–H groups in total. The lowest BCUT2D eigenvalue weighted by Gasteiger charge is -2.29. The Morgan fingerprint density at radius 1 is 0.929 bits per heavy atom. The third-order valence-corrected chi connectivity index (χ3v) is 6.52. The number of phenolic OH excluding ortho intramolecular Hbond substituents is 1. The van der Waals surface area contributed by atoms with E-state index >= 15 is 0 Å². The number of carbonyl (C=O) groups is 1. The topological polar surface area (TPSA) is 61.4 Å². The molecular formula is C23H20N2O2S. The second kappa shape index (κ2) is 6.84. The number of rotatable bonds is 2. The van der Waals surface area contributed by atoms with Crippen molar-refractivity contribution in [3.05, 3.63) is 87.8 Å². The molecule has 2 heterocycles. The number of thiophene rings is 1. The van der Waals surface area contributed by atoms with Crippen LogP contribution in [0, 0.1) is 0 Å². The smallest absolute Gasteiger partial charge is 0.163 e. The Morgan fingerprint density at radius 2 is 1.71 bits per heavy atom. The number of carbonyl (C=O) groups excluding carboxylic acids is 1. The van der Waals surface area contributed by atoms with Crippen molar-refractivity contribution in [3.8, 4) is 5.75 Å². The largest absolute Gasteiger partial charge is 0.508 e. The fraction of sp³-hybridized carbons (Fsp3) is 0.174. The number of fused-ring (bicyclic) bond motifs is 1. The van der Waals surface area contributed by atoms with E-state index in [2.05, 4.69) is 22.1 Å². The van der Waals surface area contributed by atoms with Gasteiger partial charge in [0, 0.05) is 28.5 Å². The molecule has 1 aliphatic heterocycles. The Kier molecular flexibility index (Phi) is 4.17. The average molecular weight is 388 g/mol. The van der Waals surface area contributed by atoms with Crippen LogP contribution in [0.15, 0.2) is 77.3 Å². The maximum atomic E-state index is 13.3. The van der Waals surface area contributed by atoms with Gasteiger partial charge in [-0.15, -0.1) is 11.3 Å². The predicted octanol–water partition coefficient (Wildman–Crippen LogP) is 5.43. The number of ketones is 1. The van der Waals surface area contributed by atoms with E-state index in [0.717, 1.165) is 34.6 Å². The third-order valence-electron chi connectivity index (χ3n) is 5.48. The third kappa shape index (κ3) is 2.98. The lowest BCUT2D eigenvalue weighted by atomic mass is 9.81. The van der Waals surface area contributed by atoms with Crippen molar-refractivity contribution in [1.29, 1.82) is 0 Å². The van der Waals surface area contributed by atoms with Gasteiger partial charge in [-0.05, 0) is 47.7 Å². The zero-order valence-electron chi connectivity index (χ0n) is 15.2. The highest BCUT2D eigenvalue weighted by Gasteiger charge is 2.36. The number of Topliss-reactive ketones (excluding diaryl/α,β-unsaturated/α-hetero) is 1. The minimum atomic E-state index is -0.247. The van der Waals surface area contributed by atoms with Gasteiger partial charge < -0.3 is 15.7 Å². The average Bonchev–Trinajstić information content (AvgIpc) is 3.18. The molecule has 140 valence electrons. The van der Waals surface area contributed by atoms with Gasteiger partial charge in [0.05, 0.1) is 17.4 Å². The number of aromatic hydroxyl groups is 1. The van der Waals surface area contributed by atoms with Gasteiger partial charge in [0.15, 0.2) is 5.78 Å². The van der Waals surface area contributed by atoms with Gasteiger partial charge in [-0.2, -0.15) is 0 Å². The molecule has 0 saturated carbocycles. The molecule has 0 spiro atoms. The fourth-order valence-electron chi connectivity index (χ4n) is 4.13. The summed E-state index contributed by atoms with van der Waals surface area (Å²) >= 11 is 1.71. The number of hydrogen-bond donors (Lipinski definition) is 3. The fourth-order valence-corrected chi connectivity index (χ4v) is 4.96. The minimum Gasteiger partial charge on any atom is -0.508 e. The standard InChI is InChI=1S/C23H20N2O2S/c26-16-9-7-14(8-10-16)23-22-19(24-17-4-1-2-5-18(17)25-23)12-15(13-20(22)27)21-6-3-11-28-21/h1-11,15,23-26H,12-13H2/t15-,23+/m1/s1. The van der Waals surface area contributed by atoms with Crippen LogP contribution >= 0.6 is 11.3 Å². The molecule has 0 radical (unpaired) electrons. The Morgan fingerprint density at radius 3 is 2.46 bits per heavy atom. The molecule has 3 aromatic rings. The number of allylic oxidation sites excluding steroid dienone is 1. The first-order valence-corrected chi connectivity index (χ1v) is 10.3. The molecule has 5 heteroatoms. The van der Waals surface area contributed by atoms with Crippen LogP contribution < -0.4 is 10.6 Å². The molecule has 2 aromatic carbocycles. The van der Waals surface area contributed by atoms with E-state index in [-0.39, 0.29) is 23.5 Å². The van der Waals surface area contributed by atoms with Gasteiger partial charge in [0.1, 0.15) is 5.75 Å². The van der Waals surface area contributed by atoms with Crippen LogP contribution in [0.1, 0.15) is 35.2 Å². The number of anilines is 2. The number of nitrogens with one attached hydrogen (secondary N) is 2. The number of hydrogen-bond acceptors (Lipinski definition) is 5. The van der Waals surface area contributed by atoms with Crippen LogP contribution in [-0.4, -0.2) is 10.9 Å². The maximum absolute atomic E-state index is 13.3. The van der Waals surface area contributed by atoms with Crippen LogP contribution in [0.3, 0.4) is 0 Å². The summed E-state index contributed by atoms with van der Waals surface area (Å²) in [5.74, 6) is 0.604. The summed E-state index contributed by atoms with van der Waals surface area (Å²) in [7, 11) is 0. The molecule has 2 aliphatic rings. The Labute approximate surface area is 167 Å². The highest BCUT2D eigenvalue weighted by Crippen LogP contribution is 2.44. The SMILES string of the molecule is O=C1C[C@H](c2cccs2)CC2=C1[C@H](c1ccc(O)cc1)Nc1ccccc1N2. The summed E-state index contributed by atoms with van der Waals surface area (Å²) in [6, 6.07) is 19.1. The summed E-state index contributed by atoms with van der Waals surface area (Å²) in [4.78, 5) is 14.6. The van der Waals surface area contributed by atoms with Crippen molar-refractivity contribution in [2.45, 2.75) is 24.8 Å². The van der Waals surface area contributed by atoms with E-state index < -0.39 is 0 Å². The molecule has 28 heavy (non-hydrogen) atoms. The summed E-state index contributed by atoms with van der Waals surface area (Å²) in [6.07, 6.45) is 1.33. The maximum Gasteiger partial charge on any atom is 0.163 e. The van der Waals surface area contributed by atoms with Crippen LogP contribution in [0.25, 0.3) is 0 Å². The normalized spacial score (nSPS) is 21.2. The first-order chi connectivity index (χ1) is 13.7. The number of benzene rings is 2. The summed E-state index contributed by atoms with van der Waals surface area (Å²) in [5.41, 5.74) is 4.71. The van der Waals surface area contributed by atoms with Gasteiger partial charge in [-0.3, -0.25) is 4.79 Å². The molecule has 4 nitrogen and oxygen atoms in total. The molecule has 1 aliphatic carbocycles. The van der Waals surface area contributed by atoms with Crippen molar-refractivity contribution in [2.24, 2.45) is 0 Å². The van der Waals surface area contributed by atoms with Crippen molar-refractivity contribution in [3.63, 3.8) is 0 Å². The van der Waals surface area contributed by atoms with E-state index in [1.54, 1.807) is 23.5 Å². The number of phenols is 1. The summed E-state index contributed by atoms with van der Waals surface area (Å²) < 4.78 is 0. The van der Waals surface area contributed by atoms with Gasteiger partial charge in [0.25, 0.3) is 0 Å². The van der Waals surface area contributed by atoms with Crippen molar-refractivity contribution < 1.29 is 9.90 Å². The van der Waals surface area contributed by atoms with E-state index in [1.165, 1.54) is 4.88 Å². The zero-order valence-corrected chi connectivity index (χ0v) is 16.0. The zero-order chi connectivity index (χ0) is 19.1. The van der Waals surface area contributed by atoms with Gasteiger partial charge in [-0.1, -0.05) is 30.3 Å². The molecule has 5 rings (SSSR count). The van der Waals surface area contributed by atoms with Crippen LogP contribution in [-0.2, 0) is 4.79 Å². The van der Waals surface area contributed by atoms with E-state index in [9.17, 15) is 9.90 Å². The molecule has 0 bridgehead atoms. The predicted molar refractivity (Wildman–Crippen MR) is 113 cm³/mol. The van der Waals surface area contributed by atoms with E-state index in [0.29, 0.717) is 6.42 Å². The molecule has 0 amide bonds. The molecule has 0 fully saturated rings. The lowest BCUT2D eigenvalue weighted by molar-refractivity contribution is -0.116. The molecule has 1 aromatic heterocycles. The summed E-state index contributed by atoms with van der Waals surface area (Å²) in [5, 5.41) is 18.9. The van der Waals surface area contributed by atoms with E-state index in [1.807, 2.05) is 42.5 Å². The first-order valence-electron chi connectivity index (χ1n) is 9.40. The second-order valence-corrected chi connectivity index (χ2v) is 8.25. The van der Waals surface area contributed by atoms with E-state index in [4.69, 9.17) is 0 Å². The quantitative estimate of drug-likeness (QED) is 0.548. The highest BCUT2D eigenvalue weighted by atomic mass is 32.1. The van der Waals surface area contributed by atoms with Crippen molar-refractivity contribution in [2.75, 3.05) is 10.6 Å². The molecule has 0 unspecified atom stereocenters. The lowest BCUT2D eigenvalue weighted by Crippen LogP contribution is -2.26. The Balaban J connectivity index is 1.62. The van der Waals surface area contributed by atoms with Gasteiger partial charge in [0.2, 0.25) is 0 Å². The minimum absolute atomic E-state index is 0.172.